The highest BCUT2D eigenvalue weighted by Gasteiger charge is 2.48. The molecular formula is C15H25N5O. The van der Waals surface area contributed by atoms with Gasteiger partial charge in [-0.05, 0) is 25.8 Å². The second-order valence-corrected chi connectivity index (χ2v) is 5.94. The maximum atomic E-state index is 6.07. The summed E-state index contributed by atoms with van der Waals surface area (Å²) in [5.41, 5.74) is 6.22. The van der Waals surface area contributed by atoms with Crippen molar-refractivity contribution in [3.8, 4) is 0 Å². The minimum absolute atomic E-state index is 0.156. The first-order valence-corrected chi connectivity index (χ1v) is 7.86. The summed E-state index contributed by atoms with van der Waals surface area (Å²) in [4.78, 5) is 13.5. The molecule has 1 saturated carbocycles. The Kier molecular flexibility index (Phi) is 4.37. The predicted octanol–water partition coefficient (Wildman–Crippen LogP) is 0.495. The molecule has 1 saturated heterocycles. The normalized spacial score (nSPS) is 30.2. The number of rotatable bonds is 5. The molecule has 2 aliphatic rings. The Morgan fingerprint density at radius 3 is 2.48 bits per heavy atom. The number of nitrogens with two attached hydrogens (primary N) is 1. The van der Waals surface area contributed by atoms with E-state index in [0.29, 0.717) is 6.10 Å². The average molecular weight is 291 g/mol. The molecule has 6 nitrogen and oxygen atoms in total. The minimum Gasteiger partial charge on any atom is -0.378 e. The molecule has 2 heterocycles. The van der Waals surface area contributed by atoms with Gasteiger partial charge < -0.3 is 15.4 Å². The van der Waals surface area contributed by atoms with Crippen molar-refractivity contribution in [3.05, 3.63) is 18.5 Å². The number of hydrogen-bond donors (Lipinski definition) is 1. The lowest BCUT2D eigenvalue weighted by atomic mass is 9.72. The van der Waals surface area contributed by atoms with Gasteiger partial charge in [-0.2, -0.15) is 0 Å². The van der Waals surface area contributed by atoms with Crippen LogP contribution in [0, 0.1) is 0 Å². The maximum absolute atomic E-state index is 6.07. The maximum Gasteiger partial charge on any atom is 0.225 e. The Balaban J connectivity index is 1.56. The molecule has 1 aliphatic carbocycles. The highest BCUT2D eigenvalue weighted by Crippen LogP contribution is 2.39. The fourth-order valence-corrected chi connectivity index (χ4v) is 3.53. The number of piperazine rings is 1. The smallest absolute Gasteiger partial charge is 0.225 e. The van der Waals surface area contributed by atoms with Crippen LogP contribution in [0.3, 0.4) is 0 Å². The van der Waals surface area contributed by atoms with E-state index in [2.05, 4.69) is 26.7 Å². The van der Waals surface area contributed by atoms with Gasteiger partial charge in [0.1, 0.15) is 0 Å². The molecule has 0 unspecified atom stereocenters. The molecule has 6 heteroatoms. The molecule has 1 aromatic heterocycles. The van der Waals surface area contributed by atoms with Crippen LogP contribution in [0.25, 0.3) is 0 Å². The first kappa shape index (κ1) is 14.7. The highest BCUT2D eigenvalue weighted by atomic mass is 16.5. The molecule has 0 amide bonds. The van der Waals surface area contributed by atoms with Crippen molar-refractivity contribution in [1.82, 2.24) is 14.9 Å². The van der Waals surface area contributed by atoms with E-state index >= 15 is 0 Å². The van der Waals surface area contributed by atoms with Crippen LogP contribution < -0.4 is 10.6 Å². The molecule has 0 radical (unpaired) electrons. The van der Waals surface area contributed by atoms with Crippen LogP contribution in [0.15, 0.2) is 18.5 Å². The summed E-state index contributed by atoms with van der Waals surface area (Å²) in [6.07, 6.45) is 6.14. The fourth-order valence-electron chi connectivity index (χ4n) is 3.53. The van der Waals surface area contributed by atoms with Gasteiger partial charge in [-0.3, -0.25) is 4.90 Å². The molecule has 116 valence electrons. The summed E-state index contributed by atoms with van der Waals surface area (Å²) < 4.78 is 5.70. The fraction of sp³-hybridized carbons (Fsp3) is 0.733. The van der Waals surface area contributed by atoms with Crippen LogP contribution in [-0.4, -0.2) is 65.8 Å². The Morgan fingerprint density at radius 1 is 1.24 bits per heavy atom. The first-order chi connectivity index (χ1) is 10.3. The zero-order valence-corrected chi connectivity index (χ0v) is 12.7. The largest absolute Gasteiger partial charge is 0.378 e. The van der Waals surface area contributed by atoms with Crippen LogP contribution in [-0.2, 0) is 4.74 Å². The molecular weight excluding hydrogens is 266 g/mol. The zero-order chi connectivity index (χ0) is 14.7. The number of ether oxygens (including phenoxy) is 1. The lowest BCUT2D eigenvalue weighted by molar-refractivity contribution is -0.101. The molecule has 21 heavy (non-hydrogen) atoms. The van der Waals surface area contributed by atoms with Gasteiger partial charge in [-0.25, -0.2) is 9.97 Å². The van der Waals surface area contributed by atoms with Crippen LogP contribution >= 0.6 is 0 Å². The van der Waals surface area contributed by atoms with E-state index in [9.17, 15) is 0 Å². The van der Waals surface area contributed by atoms with E-state index < -0.39 is 0 Å². The predicted molar refractivity (Wildman–Crippen MR) is 82.3 cm³/mol. The van der Waals surface area contributed by atoms with Gasteiger partial charge in [0.15, 0.2) is 0 Å². The Hall–Kier alpha value is -1.24. The van der Waals surface area contributed by atoms with Gasteiger partial charge in [0.2, 0.25) is 5.95 Å². The first-order valence-electron chi connectivity index (χ1n) is 7.86. The Morgan fingerprint density at radius 2 is 1.90 bits per heavy atom. The van der Waals surface area contributed by atoms with Crippen molar-refractivity contribution in [2.75, 3.05) is 44.2 Å². The number of nitrogens with zero attached hydrogens (tertiary/aromatic N) is 4. The standard InChI is InChI=1S/C15H25N5O/c1-2-21-13-10-15(11-13,12-16)20-8-6-19(7-9-20)14-17-4-3-5-18-14/h3-5,13H,2,6-12,16H2,1H3. The molecule has 2 fully saturated rings. The van der Waals surface area contributed by atoms with Crippen molar-refractivity contribution in [1.29, 1.82) is 0 Å². The molecule has 0 aromatic carbocycles. The minimum atomic E-state index is 0.156. The summed E-state index contributed by atoms with van der Waals surface area (Å²) in [5.74, 6) is 0.833. The lowest BCUT2D eigenvalue weighted by Gasteiger charge is -2.55. The third-order valence-electron chi connectivity index (χ3n) is 4.78. The van der Waals surface area contributed by atoms with E-state index in [4.69, 9.17) is 10.5 Å². The molecule has 1 aliphatic heterocycles. The van der Waals surface area contributed by atoms with Gasteiger partial charge in [0.25, 0.3) is 0 Å². The molecule has 2 N–H and O–H groups in total. The monoisotopic (exact) mass is 291 g/mol. The van der Waals surface area contributed by atoms with Crippen molar-refractivity contribution in [3.63, 3.8) is 0 Å². The van der Waals surface area contributed by atoms with E-state index in [1.54, 1.807) is 12.4 Å². The van der Waals surface area contributed by atoms with E-state index in [1.807, 2.05) is 6.07 Å². The second-order valence-electron chi connectivity index (χ2n) is 5.94. The van der Waals surface area contributed by atoms with Crippen molar-refractivity contribution in [2.24, 2.45) is 5.73 Å². The molecule has 0 atom stereocenters. The molecule has 0 bridgehead atoms. The van der Waals surface area contributed by atoms with Crippen LogP contribution in [0.1, 0.15) is 19.8 Å². The summed E-state index contributed by atoms with van der Waals surface area (Å²) in [6.45, 7) is 7.54. The van der Waals surface area contributed by atoms with Gasteiger partial charge in [0, 0.05) is 57.3 Å². The number of anilines is 1. The van der Waals surface area contributed by atoms with Crippen LogP contribution in [0.2, 0.25) is 0 Å². The zero-order valence-electron chi connectivity index (χ0n) is 12.7. The van der Waals surface area contributed by atoms with E-state index in [1.165, 1.54) is 0 Å². The molecule has 0 spiro atoms. The SMILES string of the molecule is CCOC1CC(CN)(N2CCN(c3ncccn3)CC2)C1. The van der Waals surface area contributed by atoms with Crippen molar-refractivity contribution in [2.45, 2.75) is 31.4 Å². The quantitative estimate of drug-likeness (QED) is 0.852. The summed E-state index contributed by atoms with van der Waals surface area (Å²) in [6, 6.07) is 1.85. The second kappa shape index (κ2) is 6.25. The Bertz CT molecular complexity index is 441. The summed E-state index contributed by atoms with van der Waals surface area (Å²) >= 11 is 0. The summed E-state index contributed by atoms with van der Waals surface area (Å²) in [7, 11) is 0. The lowest BCUT2D eigenvalue weighted by Crippen LogP contribution is -2.67. The van der Waals surface area contributed by atoms with Crippen molar-refractivity contribution < 1.29 is 4.74 Å². The van der Waals surface area contributed by atoms with Gasteiger partial charge >= 0.3 is 0 Å². The topological polar surface area (TPSA) is 67.5 Å². The number of hydrogen-bond acceptors (Lipinski definition) is 6. The molecule has 3 rings (SSSR count). The third-order valence-corrected chi connectivity index (χ3v) is 4.78. The van der Waals surface area contributed by atoms with Crippen LogP contribution in [0.4, 0.5) is 5.95 Å². The average Bonchev–Trinajstić information content (AvgIpc) is 2.52. The third kappa shape index (κ3) is 2.88. The van der Waals surface area contributed by atoms with E-state index in [0.717, 1.165) is 58.1 Å². The summed E-state index contributed by atoms with van der Waals surface area (Å²) in [5, 5.41) is 0. The Labute approximate surface area is 126 Å². The van der Waals surface area contributed by atoms with Gasteiger partial charge in [-0.15, -0.1) is 0 Å². The van der Waals surface area contributed by atoms with Crippen LogP contribution in [0.5, 0.6) is 0 Å². The highest BCUT2D eigenvalue weighted by molar-refractivity contribution is 5.29. The van der Waals surface area contributed by atoms with Crippen molar-refractivity contribution >= 4 is 5.95 Å². The molecule has 1 aromatic rings. The van der Waals surface area contributed by atoms with E-state index in [-0.39, 0.29) is 5.54 Å². The number of aromatic nitrogens is 2. The van der Waals surface area contributed by atoms with Gasteiger partial charge in [-0.1, -0.05) is 0 Å². The van der Waals surface area contributed by atoms with Gasteiger partial charge in [0.05, 0.1) is 6.10 Å².